The van der Waals surface area contributed by atoms with E-state index in [1.807, 2.05) is 61.5 Å². The fourth-order valence-electron chi connectivity index (χ4n) is 5.84. The van der Waals surface area contributed by atoms with Crippen LogP contribution in [0.3, 0.4) is 0 Å². The molecule has 6 rings (SSSR count). The Kier molecular flexibility index (Phi) is 10.6. The lowest BCUT2D eigenvalue weighted by Crippen LogP contribution is -2.40. The molecule has 0 saturated heterocycles. The maximum absolute atomic E-state index is 14.4. The van der Waals surface area contributed by atoms with Crippen molar-refractivity contribution >= 4 is 29.1 Å². The van der Waals surface area contributed by atoms with Crippen LogP contribution in [-0.2, 0) is 16.1 Å². The van der Waals surface area contributed by atoms with Crippen molar-refractivity contribution in [1.82, 2.24) is 4.57 Å². The minimum Gasteiger partial charge on any atom is -0.493 e. The molecule has 0 bridgehead atoms. The third kappa shape index (κ3) is 7.13. The van der Waals surface area contributed by atoms with E-state index < -0.39 is 12.0 Å². The Bertz CT molecular complexity index is 2340. The summed E-state index contributed by atoms with van der Waals surface area (Å²) in [5.41, 5.74) is 3.63. The summed E-state index contributed by atoms with van der Waals surface area (Å²) in [7, 11) is 3.07. The first-order chi connectivity index (χ1) is 24.9. The van der Waals surface area contributed by atoms with Gasteiger partial charge in [0.1, 0.15) is 6.61 Å². The van der Waals surface area contributed by atoms with Crippen molar-refractivity contribution in [3.8, 4) is 29.1 Å². The molecule has 0 aliphatic carbocycles. The van der Waals surface area contributed by atoms with Crippen molar-refractivity contribution in [3.63, 3.8) is 0 Å². The topological polar surface area (TPSA) is 121 Å². The number of nitriles is 1. The van der Waals surface area contributed by atoms with E-state index in [1.165, 1.54) is 23.0 Å². The Hall–Kier alpha value is -6.12. The predicted molar refractivity (Wildman–Crippen MR) is 194 cm³/mol. The van der Waals surface area contributed by atoms with Crippen LogP contribution in [0.2, 0.25) is 0 Å². The van der Waals surface area contributed by atoms with Crippen LogP contribution in [0.4, 0.5) is 0 Å². The van der Waals surface area contributed by atoms with E-state index in [0.717, 1.165) is 5.56 Å². The van der Waals surface area contributed by atoms with Crippen molar-refractivity contribution in [2.75, 3.05) is 27.4 Å². The lowest BCUT2D eigenvalue weighted by Gasteiger charge is -2.26. The molecule has 1 aromatic heterocycles. The van der Waals surface area contributed by atoms with E-state index in [-0.39, 0.29) is 24.3 Å². The second-order valence-corrected chi connectivity index (χ2v) is 12.3. The van der Waals surface area contributed by atoms with Gasteiger partial charge in [0.2, 0.25) is 0 Å². The van der Waals surface area contributed by atoms with Crippen molar-refractivity contribution in [1.29, 1.82) is 5.26 Å². The van der Waals surface area contributed by atoms with E-state index >= 15 is 0 Å². The van der Waals surface area contributed by atoms with Gasteiger partial charge in [0.15, 0.2) is 27.8 Å². The van der Waals surface area contributed by atoms with Crippen LogP contribution < -0.4 is 33.8 Å². The van der Waals surface area contributed by atoms with Gasteiger partial charge in [-0.15, -0.1) is 0 Å². The number of hydrogen-bond acceptors (Lipinski definition) is 10. The number of methoxy groups -OCH3 is 2. The standard InChI is InChI=1S/C40H35N3O7S/c1-5-48-33-20-25(16-18-31(33)50-24-29-15-11-10-14-28(29)23-41)21-34-38(44)43-37(27-17-19-30(46-3)32(22-27)47-4)35(39(45)49-6-2)36(42-40(43)51-34)26-12-8-7-9-13-26/h7-22,37H,5-6,24H2,1-4H3/b34-21-/t37-/m0/s1. The summed E-state index contributed by atoms with van der Waals surface area (Å²) in [6, 6.07) is 28.6. The van der Waals surface area contributed by atoms with Crippen LogP contribution >= 0.6 is 11.3 Å². The van der Waals surface area contributed by atoms with Crippen LogP contribution in [0.1, 0.15) is 47.7 Å². The molecule has 0 fully saturated rings. The fraction of sp³-hybridized carbons (Fsp3) is 0.200. The number of esters is 1. The zero-order chi connectivity index (χ0) is 35.9. The molecule has 5 aromatic rings. The Morgan fingerprint density at radius 2 is 1.63 bits per heavy atom. The summed E-state index contributed by atoms with van der Waals surface area (Å²) in [5.74, 6) is 1.37. The third-order valence-electron chi connectivity index (χ3n) is 8.18. The van der Waals surface area contributed by atoms with Crippen molar-refractivity contribution in [2.45, 2.75) is 26.5 Å². The molecule has 4 aromatic carbocycles. The van der Waals surface area contributed by atoms with Crippen LogP contribution in [0.15, 0.2) is 106 Å². The van der Waals surface area contributed by atoms with Crippen LogP contribution in [0, 0.1) is 11.3 Å². The summed E-state index contributed by atoms with van der Waals surface area (Å²) >= 11 is 1.22. The molecule has 258 valence electrons. The number of hydrogen-bond donors (Lipinski definition) is 0. The molecule has 2 heterocycles. The van der Waals surface area contributed by atoms with Gasteiger partial charge in [0, 0.05) is 11.1 Å². The van der Waals surface area contributed by atoms with Gasteiger partial charge in [-0.05, 0) is 61.4 Å². The molecule has 10 nitrogen and oxygen atoms in total. The van der Waals surface area contributed by atoms with Gasteiger partial charge >= 0.3 is 5.97 Å². The summed E-state index contributed by atoms with van der Waals surface area (Å²) in [6.45, 7) is 4.32. The van der Waals surface area contributed by atoms with E-state index in [1.54, 1.807) is 56.5 Å². The number of fused-ring (bicyclic) bond motifs is 1. The number of thiazole rings is 1. The summed E-state index contributed by atoms with van der Waals surface area (Å²) in [5, 5.41) is 9.47. The largest absolute Gasteiger partial charge is 0.493 e. The molecule has 11 heteroatoms. The summed E-state index contributed by atoms with van der Waals surface area (Å²) in [6.07, 6.45) is 1.77. The number of ether oxygens (including phenoxy) is 5. The van der Waals surface area contributed by atoms with Gasteiger partial charge in [0.25, 0.3) is 5.56 Å². The molecule has 0 unspecified atom stereocenters. The highest BCUT2D eigenvalue weighted by molar-refractivity contribution is 7.07. The Balaban J connectivity index is 1.50. The smallest absolute Gasteiger partial charge is 0.338 e. The zero-order valence-electron chi connectivity index (χ0n) is 28.5. The van der Waals surface area contributed by atoms with Gasteiger partial charge < -0.3 is 23.7 Å². The maximum atomic E-state index is 14.4. The highest BCUT2D eigenvalue weighted by Gasteiger charge is 2.35. The first kappa shape index (κ1) is 34.7. The lowest BCUT2D eigenvalue weighted by atomic mass is 9.93. The molecular weight excluding hydrogens is 667 g/mol. The van der Waals surface area contributed by atoms with Crippen LogP contribution in [0.5, 0.6) is 23.0 Å². The van der Waals surface area contributed by atoms with Crippen molar-refractivity contribution in [3.05, 3.63) is 144 Å². The molecule has 51 heavy (non-hydrogen) atoms. The van der Waals surface area contributed by atoms with Gasteiger partial charge in [-0.3, -0.25) is 9.36 Å². The minimum atomic E-state index is -0.886. The van der Waals surface area contributed by atoms with E-state index in [0.29, 0.717) is 66.9 Å². The highest BCUT2D eigenvalue weighted by atomic mass is 32.1. The second kappa shape index (κ2) is 15.6. The zero-order valence-corrected chi connectivity index (χ0v) is 29.4. The van der Waals surface area contributed by atoms with E-state index in [4.69, 9.17) is 28.7 Å². The molecule has 0 radical (unpaired) electrons. The number of carbonyl (C=O) groups is 1. The lowest BCUT2D eigenvalue weighted by molar-refractivity contribution is -0.138. The maximum Gasteiger partial charge on any atom is 0.338 e. The average molecular weight is 702 g/mol. The Labute approximate surface area is 298 Å². The number of benzene rings is 4. The average Bonchev–Trinajstić information content (AvgIpc) is 3.47. The van der Waals surface area contributed by atoms with Crippen LogP contribution in [-0.4, -0.2) is 38.0 Å². The number of nitrogens with zero attached hydrogens (tertiary/aromatic N) is 3. The minimum absolute atomic E-state index is 0.139. The number of carbonyl (C=O) groups excluding carboxylic acids is 1. The number of aromatic nitrogens is 1. The van der Waals surface area contributed by atoms with Gasteiger partial charge in [-0.1, -0.05) is 72.0 Å². The Morgan fingerprint density at radius 3 is 2.35 bits per heavy atom. The van der Waals surface area contributed by atoms with Crippen LogP contribution in [0.25, 0.3) is 11.8 Å². The normalized spacial score (nSPS) is 13.9. The molecule has 1 atom stereocenters. The quantitative estimate of drug-likeness (QED) is 0.150. The van der Waals surface area contributed by atoms with Crippen molar-refractivity contribution in [2.24, 2.45) is 4.99 Å². The molecule has 0 saturated carbocycles. The molecule has 1 aliphatic rings. The fourth-order valence-corrected chi connectivity index (χ4v) is 6.84. The summed E-state index contributed by atoms with van der Waals surface area (Å²) in [4.78, 5) is 33.6. The molecule has 0 amide bonds. The summed E-state index contributed by atoms with van der Waals surface area (Å²) < 4.78 is 30.6. The third-order valence-corrected chi connectivity index (χ3v) is 9.17. The number of rotatable bonds is 12. The highest BCUT2D eigenvalue weighted by Crippen LogP contribution is 2.38. The van der Waals surface area contributed by atoms with E-state index in [9.17, 15) is 14.9 Å². The molecule has 0 spiro atoms. The van der Waals surface area contributed by atoms with Gasteiger partial charge in [-0.2, -0.15) is 5.26 Å². The first-order valence-corrected chi connectivity index (χ1v) is 17.1. The van der Waals surface area contributed by atoms with Crippen molar-refractivity contribution < 1.29 is 28.5 Å². The van der Waals surface area contributed by atoms with Gasteiger partial charge in [-0.25, -0.2) is 9.79 Å². The molecule has 1 aliphatic heterocycles. The predicted octanol–water partition coefficient (Wildman–Crippen LogP) is 5.80. The monoisotopic (exact) mass is 701 g/mol. The SMILES string of the molecule is CCOC(=O)C1=C(c2ccccc2)N=c2s/c(=C\c3ccc(OCc4ccccc4C#N)c(OCC)c3)c(=O)n2[C@H]1c1ccc(OC)c(OC)c1. The van der Waals surface area contributed by atoms with Gasteiger partial charge in [0.05, 0.1) is 60.9 Å². The Morgan fingerprint density at radius 1 is 0.882 bits per heavy atom. The molecule has 0 N–H and O–H groups in total. The second-order valence-electron chi connectivity index (χ2n) is 11.2. The first-order valence-electron chi connectivity index (χ1n) is 16.3. The van der Waals surface area contributed by atoms with E-state index in [2.05, 4.69) is 6.07 Å². The molecular formula is C40H35N3O7S.